The molecule has 0 aliphatic carbocycles. The van der Waals surface area contributed by atoms with Crippen LogP contribution in [0.15, 0.2) is 77.8 Å². The molecular weight excluding hydrogens is 446 g/mol. The first-order chi connectivity index (χ1) is 15.5. The Morgan fingerprint density at radius 1 is 1.03 bits per heavy atom. The molecule has 2 aromatic heterocycles. The number of benzene rings is 2. The fourth-order valence-corrected chi connectivity index (χ4v) is 5.39. The van der Waals surface area contributed by atoms with Crippen LogP contribution in [0.2, 0.25) is 0 Å². The summed E-state index contributed by atoms with van der Waals surface area (Å²) in [6.07, 6.45) is 1.63. The number of pyridine rings is 1. The number of anilines is 1. The molecule has 0 saturated carbocycles. The zero-order valence-electron chi connectivity index (χ0n) is 17.3. The lowest BCUT2D eigenvalue weighted by molar-refractivity contribution is -0.116. The molecule has 7 nitrogen and oxygen atoms in total. The summed E-state index contributed by atoms with van der Waals surface area (Å²) in [6, 6.07) is 18.9. The van der Waals surface area contributed by atoms with Gasteiger partial charge in [0.05, 0.1) is 28.4 Å². The van der Waals surface area contributed by atoms with Crippen molar-refractivity contribution in [3.8, 4) is 5.75 Å². The van der Waals surface area contributed by atoms with E-state index in [-0.39, 0.29) is 11.4 Å². The first-order valence-corrected chi connectivity index (χ1v) is 12.5. The van der Waals surface area contributed by atoms with Crippen molar-refractivity contribution in [2.24, 2.45) is 0 Å². The first kappa shape index (κ1) is 21.9. The van der Waals surface area contributed by atoms with Crippen LogP contribution < -0.4 is 9.64 Å². The van der Waals surface area contributed by atoms with Crippen LogP contribution in [0.1, 0.15) is 12.6 Å². The molecule has 4 rings (SSSR count). The minimum absolute atomic E-state index is 0.105. The molecule has 1 amide bonds. The number of sulfone groups is 1. The molecule has 2 heterocycles. The highest BCUT2D eigenvalue weighted by Gasteiger charge is 2.27. The fraction of sp³-hybridized carbons (Fsp3) is 0.174. The number of amides is 1. The van der Waals surface area contributed by atoms with E-state index in [2.05, 4.69) is 9.97 Å². The number of thiazole rings is 1. The number of hydrogen-bond donors (Lipinski definition) is 0. The van der Waals surface area contributed by atoms with Crippen LogP contribution in [0, 0.1) is 0 Å². The van der Waals surface area contributed by atoms with Crippen LogP contribution >= 0.6 is 11.3 Å². The monoisotopic (exact) mass is 467 g/mol. The van der Waals surface area contributed by atoms with Gasteiger partial charge in [-0.25, -0.2) is 13.4 Å². The molecule has 0 N–H and O–H groups in total. The molecule has 0 aliphatic heterocycles. The van der Waals surface area contributed by atoms with Gasteiger partial charge in [0, 0.05) is 6.20 Å². The molecule has 0 bridgehead atoms. The maximum atomic E-state index is 13.3. The van der Waals surface area contributed by atoms with Crippen molar-refractivity contribution in [3.05, 3.63) is 78.6 Å². The molecule has 2 aromatic carbocycles. The minimum Gasteiger partial charge on any atom is -0.492 e. The fourth-order valence-electron chi connectivity index (χ4n) is 3.17. The number of carbonyl (C=O) groups excluding carboxylic acids is 1. The third kappa shape index (κ3) is 4.79. The van der Waals surface area contributed by atoms with E-state index < -0.39 is 21.5 Å². The SMILES string of the molecule is CCOc1cccc2sc(N(Cc3ccccn3)C(=O)CS(=O)(=O)c3ccccc3)nc12. The van der Waals surface area contributed by atoms with E-state index in [9.17, 15) is 13.2 Å². The Hall–Kier alpha value is -3.30. The zero-order chi connectivity index (χ0) is 22.6. The van der Waals surface area contributed by atoms with Gasteiger partial charge in [-0.15, -0.1) is 0 Å². The maximum absolute atomic E-state index is 13.3. The van der Waals surface area contributed by atoms with Crippen molar-refractivity contribution < 1.29 is 17.9 Å². The standard InChI is InChI=1S/C23H21N3O4S2/c1-2-30-19-12-8-13-20-22(19)25-23(31-20)26(15-17-9-6-7-14-24-17)21(27)16-32(28,29)18-10-4-3-5-11-18/h3-14H,2,15-16H2,1H3. The average molecular weight is 468 g/mol. The van der Waals surface area contributed by atoms with Crippen molar-refractivity contribution in [3.63, 3.8) is 0 Å². The molecule has 32 heavy (non-hydrogen) atoms. The molecule has 0 atom stereocenters. The molecule has 0 radical (unpaired) electrons. The highest BCUT2D eigenvalue weighted by Crippen LogP contribution is 2.35. The van der Waals surface area contributed by atoms with Crippen molar-refractivity contribution in [1.82, 2.24) is 9.97 Å². The summed E-state index contributed by atoms with van der Waals surface area (Å²) < 4.78 is 32.2. The van der Waals surface area contributed by atoms with Crippen LogP contribution in [0.4, 0.5) is 5.13 Å². The zero-order valence-corrected chi connectivity index (χ0v) is 19.0. The molecule has 0 spiro atoms. The van der Waals surface area contributed by atoms with Gasteiger partial charge in [0.25, 0.3) is 0 Å². The van der Waals surface area contributed by atoms with E-state index in [1.54, 1.807) is 36.5 Å². The molecule has 9 heteroatoms. The smallest absolute Gasteiger partial charge is 0.244 e. The van der Waals surface area contributed by atoms with Gasteiger partial charge >= 0.3 is 0 Å². The van der Waals surface area contributed by atoms with E-state index in [1.807, 2.05) is 31.2 Å². The van der Waals surface area contributed by atoms with Gasteiger partial charge in [-0.3, -0.25) is 14.7 Å². The summed E-state index contributed by atoms with van der Waals surface area (Å²) in [4.78, 5) is 23.7. The maximum Gasteiger partial charge on any atom is 0.244 e. The van der Waals surface area contributed by atoms with Crippen LogP contribution in [0.5, 0.6) is 5.75 Å². The average Bonchev–Trinajstić information content (AvgIpc) is 3.23. The summed E-state index contributed by atoms with van der Waals surface area (Å²) >= 11 is 1.31. The second-order valence-electron chi connectivity index (χ2n) is 6.91. The van der Waals surface area contributed by atoms with E-state index in [1.165, 1.54) is 28.4 Å². The molecule has 0 aliphatic rings. The van der Waals surface area contributed by atoms with Crippen LogP contribution in [0.25, 0.3) is 10.2 Å². The van der Waals surface area contributed by atoms with Gasteiger partial charge < -0.3 is 4.74 Å². The Kier molecular flexibility index (Phi) is 6.48. The summed E-state index contributed by atoms with van der Waals surface area (Å²) in [7, 11) is -3.81. The summed E-state index contributed by atoms with van der Waals surface area (Å²) in [6.45, 7) is 2.48. The number of para-hydroxylation sites is 1. The molecule has 0 saturated heterocycles. The highest BCUT2D eigenvalue weighted by molar-refractivity contribution is 7.92. The second kappa shape index (κ2) is 9.46. The second-order valence-corrected chi connectivity index (χ2v) is 9.90. The summed E-state index contributed by atoms with van der Waals surface area (Å²) in [5.41, 5.74) is 1.27. The molecule has 164 valence electrons. The van der Waals surface area contributed by atoms with Crippen molar-refractivity contribution in [2.75, 3.05) is 17.3 Å². The number of carbonyl (C=O) groups is 1. The Morgan fingerprint density at radius 2 is 1.81 bits per heavy atom. The molecular formula is C23H21N3O4S2. The van der Waals surface area contributed by atoms with Crippen molar-refractivity contribution in [1.29, 1.82) is 0 Å². The Morgan fingerprint density at radius 3 is 2.53 bits per heavy atom. The van der Waals surface area contributed by atoms with Gasteiger partial charge in [-0.2, -0.15) is 0 Å². The van der Waals surface area contributed by atoms with Gasteiger partial charge in [-0.1, -0.05) is 41.7 Å². The number of fused-ring (bicyclic) bond motifs is 1. The topological polar surface area (TPSA) is 89.5 Å². The molecule has 4 aromatic rings. The lowest BCUT2D eigenvalue weighted by atomic mass is 10.3. The van der Waals surface area contributed by atoms with E-state index >= 15 is 0 Å². The normalized spacial score (nSPS) is 11.4. The minimum atomic E-state index is -3.81. The predicted molar refractivity (Wildman–Crippen MR) is 125 cm³/mol. The van der Waals surface area contributed by atoms with Crippen molar-refractivity contribution in [2.45, 2.75) is 18.4 Å². The van der Waals surface area contributed by atoms with E-state index in [4.69, 9.17) is 4.74 Å². The van der Waals surface area contributed by atoms with Gasteiger partial charge in [-0.05, 0) is 43.3 Å². The number of ether oxygens (including phenoxy) is 1. The van der Waals surface area contributed by atoms with Crippen LogP contribution in [-0.2, 0) is 21.2 Å². The van der Waals surface area contributed by atoms with Crippen LogP contribution in [-0.4, -0.2) is 36.7 Å². The lowest BCUT2D eigenvalue weighted by Gasteiger charge is -2.19. The number of rotatable bonds is 8. The van der Waals surface area contributed by atoms with Gasteiger partial charge in [0.15, 0.2) is 15.0 Å². The largest absolute Gasteiger partial charge is 0.492 e. The van der Waals surface area contributed by atoms with Crippen LogP contribution in [0.3, 0.4) is 0 Å². The molecule has 0 unspecified atom stereocenters. The van der Waals surface area contributed by atoms with Gasteiger partial charge in [0.1, 0.15) is 17.0 Å². The Bertz CT molecular complexity index is 1320. The predicted octanol–water partition coefficient (Wildman–Crippen LogP) is 4.10. The number of nitrogens with zero attached hydrogens (tertiary/aromatic N) is 3. The highest BCUT2D eigenvalue weighted by atomic mass is 32.2. The third-order valence-corrected chi connectivity index (χ3v) is 7.33. The number of hydrogen-bond acceptors (Lipinski definition) is 7. The Labute approximate surface area is 190 Å². The van der Waals surface area contributed by atoms with Crippen molar-refractivity contribution >= 4 is 42.4 Å². The Balaban J connectivity index is 1.71. The lowest BCUT2D eigenvalue weighted by Crippen LogP contribution is -2.35. The van der Waals surface area contributed by atoms with E-state index in [0.29, 0.717) is 28.7 Å². The summed E-state index contributed by atoms with van der Waals surface area (Å²) in [5.74, 6) is -0.621. The van der Waals surface area contributed by atoms with E-state index in [0.717, 1.165) is 4.70 Å². The molecule has 0 fully saturated rings. The first-order valence-electron chi connectivity index (χ1n) is 9.98. The van der Waals surface area contributed by atoms with Gasteiger partial charge in [0.2, 0.25) is 5.91 Å². The number of aromatic nitrogens is 2. The summed E-state index contributed by atoms with van der Waals surface area (Å²) in [5, 5.41) is 0.395. The quantitative estimate of drug-likeness (QED) is 0.388. The third-order valence-electron chi connectivity index (χ3n) is 4.66.